The largest absolute Gasteiger partial charge is 0.351 e. The summed E-state index contributed by atoms with van der Waals surface area (Å²) in [7, 11) is -3.56. The first-order valence-electron chi connectivity index (χ1n) is 6.63. The first kappa shape index (κ1) is 16.3. The summed E-state index contributed by atoms with van der Waals surface area (Å²) in [5, 5.41) is 0. The zero-order chi connectivity index (χ0) is 15.6. The molecule has 1 aliphatic heterocycles. The van der Waals surface area contributed by atoms with E-state index in [2.05, 4.69) is 15.9 Å². The number of primary amides is 1. The van der Waals surface area contributed by atoms with Crippen LogP contribution in [-0.2, 0) is 10.0 Å². The third kappa shape index (κ3) is 3.56. The molecule has 0 aliphatic carbocycles. The van der Waals surface area contributed by atoms with E-state index in [9.17, 15) is 13.2 Å². The second-order valence-corrected chi connectivity index (χ2v) is 7.81. The Kier molecular flexibility index (Phi) is 4.90. The zero-order valence-electron chi connectivity index (χ0n) is 11.8. The van der Waals surface area contributed by atoms with Crippen molar-refractivity contribution in [3.63, 3.8) is 0 Å². The van der Waals surface area contributed by atoms with Gasteiger partial charge in [-0.1, -0.05) is 22.0 Å². The number of nitrogens with zero attached hydrogens (tertiary/aromatic N) is 2. The summed E-state index contributed by atoms with van der Waals surface area (Å²) in [5.74, 6) is 0. The summed E-state index contributed by atoms with van der Waals surface area (Å²) < 4.78 is 27.7. The fourth-order valence-electron chi connectivity index (χ4n) is 2.35. The molecule has 21 heavy (non-hydrogen) atoms. The zero-order valence-corrected chi connectivity index (χ0v) is 14.2. The molecule has 2 rings (SSSR count). The molecule has 0 atom stereocenters. The molecule has 1 saturated heterocycles. The molecule has 0 radical (unpaired) electrons. The van der Waals surface area contributed by atoms with Gasteiger partial charge in [0.05, 0.1) is 4.90 Å². The third-order valence-corrected chi connectivity index (χ3v) is 6.07. The Morgan fingerprint density at radius 3 is 2.62 bits per heavy atom. The molecule has 1 heterocycles. The van der Waals surface area contributed by atoms with E-state index in [-0.39, 0.29) is 6.54 Å². The molecule has 1 aromatic carbocycles. The van der Waals surface area contributed by atoms with E-state index in [4.69, 9.17) is 5.73 Å². The van der Waals surface area contributed by atoms with Crippen molar-refractivity contribution in [3.8, 4) is 0 Å². The van der Waals surface area contributed by atoms with Crippen molar-refractivity contribution < 1.29 is 13.2 Å². The molecular weight excluding hydrogens is 358 g/mol. The van der Waals surface area contributed by atoms with E-state index in [0.29, 0.717) is 36.5 Å². The summed E-state index contributed by atoms with van der Waals surface area (Å²) in [6, 6.07) is 4.69. The van der Waals surface area contributed by atoms with Gasteiger partial charge in [0.2, 0.25) is 10.0 Å². The Morgan fingerprint density at radius 2 is 1.95 bits per heavy atom. The van der Waals surface area contributed by atoms with Crippen molar-refractivity contribution in [3.05, 3.63) is 28.2 Å². The fraction of sp³-hybridized carbons (Fsp3) is 0.462. The second-order valence-electron chi connectivity index (χ2n) is 4.99. The van der Waals surface area contributed by atoms with Crippen LogP contribution < -0.4 is 5.73 Å². The minimum absolute atomic E-state index is 0.261. The SMILES string of the molecule is Cc1ccc(Br)cc1S(=O)(=O)N1CCCN(C(N)=O)CC1. The van der Waals surface area contributed by atoms with Gasteiger partial charge in [0.1, 0.15) is 0 Å². The molecule has 1 aliphatic rings. The minimum Gasteiger partial charge on any atom is -0.351 e. The Morgan fingerprint density at radius 1 is 1.24 bits per heavy atom. The highest BCUT2D eigenvalue weighted by Gasteiger charge is 2.28. The highest BCUT2D eigenvalue weighted by Crippen LogP contribution is 2.24. The summed E-state index contributed by atoms with van der Waals surface area (Å²) >= 11 is 3.30. The third-order valence-electron chi connectivity index (χ3n) is 3.53. The number of urea groups is 1. The predicted octanol–water partition coefficient (Wildman–Crippen LogP) is 1.53. The molecule has 0 spiro atoms. The van der Waals surface area contributed by atoms with Crippen LogP contribution in [0.4, 0.5) is 4.79 Å². The van der Waals surface area contributed by atoms with Crippen LogP contribution in [-0.4, -0.2) is 49.8 Å². The Labute approximate surface area is 133 Å². The molecule has 2 N–H and O–H groups in total. The van der Waals surface area contributed by atoms with Gasteiger partial charge in [0.25, 0.3) is 0 Å². The first-order valence-corrected chi connectivity index (χ1v) is 8.86. The number of rotatable bonds is 2. The average molecular weight is 376 g/mol. The normalized spacial score (nSPS) is 17.5. The van der Waals surface area contributed by atoms with Gasteiger partial charge in [-0.05, 0) is 31.0 Å². The maximum atomic E-state index is 12.8. The monoisotopic (exact) mass is 375 g/mol. The smallest absolute Gasteiger partial charge is 0.314 e. The van der Waals surface area contributed by atoms with Crippen LogP contribution in [0, 0.1) is 6.92 Å². The number of carbonyl (C=O) groups is 1. The predicted molar refractivity (Wildman–Crippen MR) is 83.4 cm³/mol. The summed E-state index contributed by atoms with van der Waals surface area (Å²) in [6.45, 7) is 3.22. The van der Waals surface area contributed by atoms with Crippen LogP contribution in [0.1, 0.15) is 12.0 Å². The van der Waals surface area contributed by atoms with E-state index in [1.165, 1.54) is 9.21 Å². The lowest BCUT2D eigenvalue weighted by Crippen LogP contribution is -2.39. The lowest BCUT2D eigenvalue weighted by Gasteiger charge is -2.21. The Bertz CT molecular complexity index is 648. The van der Waals surface area contributed by atoms with Crippen molar-refractivity contribution >= 4 is 32.0 Å². The number of hydrogen-bond donors (Lipinski definition) is 1. The van der Waals surface area contributed by atoms with Gasteiger partial charge in [-0.25, -0.2) is 13.2 Å². The molecule has 0 bridgehead atoms. The van der Waals surface area contributed by atoms with Crippen molar-refractivity contribution in [2.45, 2.75) is 18.2 Å². The number of aryl methyl sites for hydroxylation is 1. The van der Waals surface area contributed by atoms with Gasteiger partial charge in [-0.2, -0.15) is 4.31 Å². The van der Waals surface area contributed by atoms with E-state index in [1.807, 2.05) is 6.07 Å². The first-order chi connectivity index (χ1) is 9.82. The summed E-state index contributed by atoms with van der Waals surface area (Å²) in [4.78, 5) is 13.0. The minimum atomic E-state index is -3.56. The van der Waals surface area contributed by atoms with Gasteiger partial charge in [0.15, 0.2) is 0 Å². The fourth-order valence-corrected chi connectivity index (χ4v) is 4.58. The quantitative estimate of drug-likeness (QED) is 0.850. The van der Waals surface area contributed by atoms with Crippen LogP contribution >= 0.6 is 15.9 Å². The molecule has 6 nitrogen and oxygen atoms in total. The van der Waals surface area contributed by atoms with E-state index < -0.39 is 16.1 Å². The average Bonchev–Trinajstić information content (AvgIpc) is 2.67. The second kappa shape index (κ2) is 6.33. The molecule has 116 valence electrons. The van der Waals surface area contributed by atoms with Crippen LogP contribution in [0.5, 0.6) is 0 Å². The Balaban J connectivity index is 2.27. The van der Waals surface area contributed by atoms with Crippen molar-refractivity contribution in [1.29, 1.82) is 0 Å². The van der Waals surface area contributed by atoms with Crippen LogP contribution in [0.2, 0.25) is 0 Å². The van der Waals surface area contributed by atoms with Crippen LogP contribution in [0.15, 0.2) is 27.6 Å². The lowest BCUT2D eigenvalue weighted by molar-refractivity contribution is 0.210. The number of amides is 2. The molecule has 0 aromatic heterocycles. The van der Waals surface area contributed by atoms with Gasteiger partial charge in [-0.3, -0.25) is 0 Å². The number of sulfonamides is 1. The van der Waals surface area contributed by atoms with Gasteiger partial charge >= 0.3 is 6.03 Å². The molecule has 0 unspecified atom stereocenters. The number of benzene rings is 1. The molecular formula is C13H18BrN3O3S. The number of carbonyl (C=O) groups excluding carboxylic acids is 1. The maximum Gasteiger partial charge on any atom is 0.314 e. The Hall–Kier alpha value is -1.12. The number of hydrogen-bond acceptors (Lipinski definition) is 3. The molecule has 1 aromatic rings. The van der Waals surface area contributed by atoms with Gasteiger partial charge < -0.3 is 10.6 Å². The lowest BCUT2D eigenvalue weighted by atomic mass is 10.2. The molecule has 0 saturated carbocycles. The highest BCUT2D eigenvalue weighted by atomic mass is 79.9. The molecule has 1 fully saturated rings. The number of nitrogens with two attached hydrogens (primary N) is 1. The topological polar surface area (TPSA) is 83.7 Å². The van der Waals surface area contributed by atoms with Crippen LogP contribution in [0.25, 0.3) is 0 Å². The van der Waals surface area contributed by atoms with Crippen LogP contribution in [0.3, 0.4) is 0 Å². The van der Waals surface area contributed by atoms with Gasteiger partial charge in [-0.15, -0.1) is 0 Å². The van der Waals surface area contributed by atoms with Crippen molar-refractivity contribution in [1.82, 2.24) is 9.21 Å². The van der Waals surface area contributed by atoms with E-state index >= 15 is 0 Å². The van der Waals surface area contributed by atoms with E-state index in [0.717, 1.165) is 4.47 Å². The standard InChI is InChI=1S/C13H18BrN3O3S/c1-10-3-4-11(14)9-12(10)21(19,20)17-6-2-5-16(7-8-17)13(15)18/h3-4,9H,2,5-8H2,1H3,(H2,15,18). The number of halogens is 1. The van der Waals surface area contributed by atoms with Crippen molar-refractivity contribution in [2.75, 3.05) is 26.2 Å². The van der Waals surface area contributed by atoms with Gasteiger partial charge in [0, 0.05) is 30.7 Å². The molecule has 8 heteroatoms. The maximum absolute atomic E-state index is 12.8. The summed E-state index contributed by atoms with van der Waals surface area (Å²) in [6.07, 6.45) is 0.579. The summed E-state index contributed by atoms with van der Waals surface area (Å²) in [5.41, 5.74) is 5.96. The van der Waals surface area contributed by atoms with E-state index in [1.54, 1.807) is 19.1 Å². The van der Waals surface area contributed by atoms with Crippen molar-refractivity contribution in [2.24, 2.45) is 5.73 Å². The highest BCUT2D eigenvalue weighted by molar-refractivity contribution is 9.10. The molecule has 2 amide bonds.